The van der Waals surface area contributed by atoms with Crippen molar-refractivity contribution in [2.75, 3.05) is 6.61 Å². The minimum atomic E-state index is -2.29. The minimum absolute atomic E-state index is 0. The molecule has 0 rings (SSSR count). The molecular weight excluding hydrogens is 326 g/mol. The standard InChI is InChI=1S/C7H14O8.ClH.Fe.Na.H/c8-1-2(9)3(10)4(11)5(12)6(13)7(14)15;;;;/h2-6,8-13H,1H2,(H,14,15);1H;;;/q;;;+1;-1/t2?,3-,4-,5+,6-;;;;/m1..../s1. The fourth-order valence-electron chi connectivity index (χ4n) is 0.870. The summed E-state index contributed by atoms with van der Waals surface area (Å²) in [6, 6.07) is 0. The van der Waals surface area contributed by atoms with Crippen LogP contribution in [0.5, 0.6) is 0 Å². The summed E-state index contributed by atoms with van der Waals surface area (Å²) in [6.07, 6.45) is -10.2. The molecule has 0 saturated carbocycles. The van der Waals surface area contributed by atoms with Gasteiger partial charge in [-0.1, -0.05) is 0 Å². The number of rotatable bonds is 6. The summed E-state index contributed by atoms with van der Waals surface area (Å²) < 4.78 is 0. The molecule has 0 aromatic rings. The van der Waals surface area contributed by atoms with Gasteiger partial charge in [0.2, 0.25) is 0 Å². The van der Waals surface area contributed by atoms with E-state index in [-0.39, 0.29) is 60.5 Å². The van der Waals surface area contributed by atoms with Gasteiger partial charge in [-0.05, 0) is 0 Å². The van der Waals surface area contributed by atoms with Crippen molar-refractivity contribution < 1.29 is 88.6 Å². The van der Waals surface area contributed by atoms with Crippen LogP contribution in [0.3, 0.4) is 0 Å². The van der Waals surface area contributed by atoms with Gasteiger partial charge in [0.15, 0.2) is 6.10 Å². The van der Waals surface area contributed by atoms with Crippen LogP contribution in [0.2, 0.25) is 0 Å². The van der Waals surface area contributed by atoms with Crippen LogP contribution >= 0.6 is 12.4 Å². The van der Waals surface area contributed by atoms with Crippen LogP contribution in [0.4, 0.5) is 0 Å². The zero-order valence-corrected chi connectivity index (χ0v) is 13.3. The van der Waals surface area contributed by atoms with Crippen LogP contribution in [-0.2, 0) is 21.9 Å². The number of carboxylic acids is 1. The van der Waals surface area contributed by atoms with Gasteiger partial charge in [-0.2, -0.15) is 0 Å². The molecule has 7 N–H and O–H groups in total. The van der Waals surface area contributed by atoms with E-state index in [0.717, 1.165) is 0 Å². The Morgan fingerprint density at radius 1 is 1.00 bits per heavy atom. The van der Waals surface area contributed by atoms with Gasteiger partial charge in [0.05, 0.1) is 6.61 Å². The molecule has 1 unspecified atom stereocenters. The van der Waals surface area contributed by atoms with E-state index in [4.69, 9.17) is 35.7 Å². The SMILES string of the molecule is Cl.O=C(O)[C@H](O)[C@@H](O)[C@H](O)[C@H](O)C(O)CO.[Fe].[H-].[Na+]. The molecule has 108 valence electrons. The molecule has 11 heteroatoms. The smallest absolute Gasteiger partial charge is 1.00 e. The topological polar surface area (TPSA) is 159 Å². The third-order valence-electron chi connectivity index (χ3n) is 1.86. The number of carbonyl (C=O) groups is 1. The van der Waals surface area contributed by atoms with Gasteiger partial charge in [0.25, 0.3) is 0 Å². The molecule has 0 radical (unpaired) electrons. The van der Waals surface area contributed by atoms with E-state index in [1.807, 2.05) is 0 Å². The molecule has 0 heterocycles. The number of halogens is 1. The van der Waals surface area contributed by atoms with Gasteiger partial charge in [0, 0.05) is 17.1 Å². The third-order valence-corrected chi connectivity index (χ3v) is 1.86. The molecule has 0 aliphatic carbocycles. The van der Waals surface area contributed by atoms with Gasteiger partial charge in [-0.25, -0.2) is 4.79 Å². The van der Waals surface area contributed by atoms with Crippen LogP contribution in [0.15, 0.2) is 0 Å². The van der Waals surface area contributed by atoms with Gasteiger partial charge in [0.1, 0.15) is 24.4 Å². The first-order valence-electron chi connectivity index (χ1n) is 4.07. The Morgan fingerprint density at radius 3 is 1.67 bits per heavy atom. The second-order valence-electron chi connectivity index (χ2n) is 3.00. The van der Waals surface area contributed by atoms with Crippen LogP contribution in [0, 0.1) is 0 Å². The molecule has 0 aromatic carbocycles. The summed E-state index contributed by atoms with van der Waals surface area (Å²) in [7, 11) is 0. The maximum atomic E-state index is 10.2. The number of hydrogen-bond acceptors (Lipinski definition) is 7. The molecule has 8 nitrogen and oxygen atoms in total. The molecule has 0 aliphatic heterocycles. The van der Waals surface area contributed by atoms with E-state index >= 15 is 0 Å². The molecule has 0 aromatic heterocycles. The van der Waals surface area contributed by atoms with E-state index in [0.29, 0.717) is 0 Å². The molecule has 0 saturated heterocycles. The van der Waals surface area contributed by atoms with Crippen molar-refractivity contribution >= 4 is 18.4 Å². The van der Waals surface area contributed by atoms with Crippen molar-refractivity contribution in [3.63, 3.8) is 0 Å². The largest absolute Gasteiger partial charge is 1.00 e. The van der Waals surface area contributed by atoms with Crippen molar-refractivity contribution in [3.05, 3.63) is 0 Å². The van der Waals surface area contributed by atoms with Crippen molar-refractivity contribution in [3.8, 4) is 0 Å². The maximum Gasteiger partial charge on any atom is 1.00 e. The summed E-state index contributed by atoms with van der Waals surface area (Å²) in [4.78, 5) is 10.2. The van der Waals surface area contributed by atoms with Crippen molar-refractivity contribution in [2.24, 2.45) is 0 Å². The molecule has 0 fully saturated rings. The molecule has 0 spiro atoms. The van der Waals surface area contributed by atoms with Crippen LogP contribution in [0.25, 0.3) is 0 Å². The summed E-state index contributed by atoms with van der Waals surface area (Å²) in [5, 5.41) is 61.5. The van der Waals surface area contributed by atoms with E-state index in [1.54, 1.807) is 0 Å². The minimum Gasteiger partial charge on any atom is -1.00 e. The van der Waals surface area contributed by atoms with Gasteiger partial charge >= 0.3 is 35.5 Å². The second kappa shape index (κ2) is 13.0. The normalized spacial score (nSPS) is 17.9. The molecule has 0 amide bonds. The average Bonchev–Trinajstić information content (AvgIpc) is 2.23. The number of aliphatic hydroxyl groups excluding tert-OH is 6. The Kier molecular flexibility index (Phi) is 19.8. The molecule has 0 bridgehead atoms. The number of carboxylic acid groups (broad SMARTS) is 1. The Balaban J connectivity index is -0.000000163. The fourth-order valence-corrected chi connectivity index (χ4v) is 0.870. The Labute approximate surface area is 143 Å². The quantitative estimate of drug-likeness (QED) is 0.235. The Morgan fingerprint density at radius 2 is 1.39 bits per heavy atom. The summed E-state index contributed by atoms with van der Waals surface area (Å²) in [5.41, 5.74) is 0. The van der Waals surface area contributed by atoms with Gasteiger partial charge in [-0.15, -0.1) is 12.4 Å². The zero-order chi connectivity index (χ0) is 12.2. The number of aliphatic carboxylic acids is 1. The number of aliphatic hydroxyl groups is 6. The Hall–Kier alpha value is 1.04. The first kappa shape index (κ1) is 27.4. The van der Waals surface area contributed by atoms with Crippen LogP contribution in [0.1, 0.15) is 1.43 Å². The van der Waals surface area contributed by atoms with E-state index < -0.39 is 43.1 Å². The van der Waals surface area contributed by atoms with Crippen molar-refractivity contribution in [1.82, 2.24) is 0 Å². The predicted molar refractivity (Wildman–Crippen MR) is 53.1 cm³/mol. The Bertz CT molecular complexity index is 229. The molecule has 18 heavy (non-hydrogen) atoms. The van der Waals surface area contributed by atoms with Gasteiger partial charge in [-0.3, -0.25) is 0 Å². The van der Waals surface area contributed by atoms with Crippen molar-refractivity contribution in [1.29, 1.82) is 0 Å². The monoisotopic (exact) mass is 342 g/mol. The predicted octanol–water partition coefficient (Wildman–Crippen LogP) is -6.60. The summed E-state index contributed by atoms with van der Waals surface area (Å²) in [5.74, 6) is -1.78. The average molecular weight is 342 g/mol. The fraction of sp³-hybridized carbons (Fsp3) is 0.857. The van der Waals surface area contributed by atoms with Gasteiger partial charge < -0.3 is 37.2 Å². The van der Waals surface area contributed by atoms with Crippen LogP contribution in [-0.4, -0.2) is 78.8 Å². The summed E-state index contributed by atoms with van der Waals surface area (Å²) >= 11 is 0. The first-order valence-corrected chi connectivity index (χ1v) is 4.07. The summed E-state index contributed by atoms with van der Waals surface area (Å²) in [6.45, 7) is -0.881. The zero-order valence-electron chi connectivity index (χ0n) is 10.4. The van der Waals surface area contributed by atoms with E-state index in [1.165, 1.54) is 0 Å². The van der Waals surface area contributed by atoms with Crippen LogP contribution < -0.4 is 29.6 Å². The molecule has 5 atom stereocenters. The second-order valence-corrected chi connectivity index (χ2v) is 3.00. The van der Waals surface area contributed by atoms with Crippen molar-refractivity contribution in [2.45, 2.75) is 30.5 Å². The first-order chi connectivity index (χ1) is 6.82. The maximum absolute atomic E-state index is 10.2. The van der Waals surface area contributed by atoms with E-state index in [2.05, 4.69) is 0 Å². The molecular formula is C7H16ClFeNaO8. The van der Waals surface area contributed by atoms with E-state index in [9.17, 15) is 4.79 Å². The third kappa shape index (κ3) is 8.26. The molecule has 0 aliphatic rings. The number of hydrogen-bond donors (Lipinski definition) is 7.